The number of ether oxygens (including phenoxy) is 1. The first-order chi connectivity index (χ1) is 8.35. The highest BCUT2D eigenvalue weighted by Gasteiger charge is 2.17. The summed E-state index contributed by atoms with van der Waals surface area (Å²) in [5, 5.41) is 0. The molecule has 1 fully saturated rings. The number of methoxy groups -OCH3 is 1. The third kappa shape index (κ3) is 2.97. The summed E-state index contributed by atoms with van der Waals surface area (Å²) in [4.78, 5) is 4.63. The molecule has 0 radical (unpaired) electrons. The summed E-state index contributed by atoms with van der Waals surface area (Å²) in [7, 11) is 1.67. The van der Waals surface area contributed by atoms with E-state index in [2.05, 4.69) is 17.1 Å². The normalized spacial score (nSPS) is 17.8. The largest absolute Gasteiger partial charge is 0.481 e. The first kappa shape index (κ1) is 12.4. The van der Waals surface area contributed by atoms with Gasteiger partial charge in [-0.1, -0.05) is 31.7 Å². The van der Waals surface area contributed by atoms with Gasteiger partial charge < -0.3 is 10.5 Å². The van der Waals surface area contributed by atoms with Gasteiger partial charge in [-0.3, -0.25) is 0 Å². The molecule has 94 valence electrons. The first-order valence-corrected chi connectivity index (χ1v) is 6.59. The average molecular weight is 234 g/mol. The molecular formula is C14H22N2O. The number of aromatic nitrogens is 1. The predicted octanol–water partition coefficient (Wildman–Crippen LogP) is 2.99. The van der Waals surface area contributed by atoms with Gasteiger partial charge in [-0.25, -0.2) is 4.98 Å². The van der Waals surface area contributed by atoms with Crippen LogP contribution in [-0.2, 0) is 6.54 Å². The van der Waals surface area contributed by atoms with Crippen LogP contribution in [-0.4, -0.2) is 12.1 Å². The van der Waals surface area contributed by atoms with Gasteiger partial charge in [0, 0.05) is 23.7 Å². The van der Waals surface area contributed by atoms with Crippen molar-refractivity contribution in [2.75, 3.05) is 7.11 Å². The summed E-state index contributed by atoms with van der Waals surface area (Å²) in [6, 6.07) is 4.19. The lowest BCUT2D eigenvalue weighted by molar-refractivity contribution is 0.388. The van der Waals surface area contributed by atoms with Gasteiger partial charge >= 0.3 is 0 Å². The molecule has 2 N–H and O–H groups in total. The third-order valence-corrected chi connectivity index (χ3v) is 3.65. The van der Waals surface area contributed by atoms with Crippen LogP contribution in [0.15, 0.2) is 12.1 Å². The minimum absolute atomic E-state index is 0.487. The maximum absolute atomic E-state index is 5.66. The molecule has 0 aliphatic heterocycles. The van der Waals surface area contributed by atoms with Gasteiger partial charge in [0.1, 0.15) is 0 Å². The van der Waals surface area contributed by atoms with Gasteiger partial charge in [0.15, 0.2) is 0 Å². The summed E-state index contributed by atoms with van der Waals surface area (Å²) in [5.74, 6) is 1.31. The number of hydrogen-bond acceptors (Lipinski definition) is 3. The van der Waals surface area contributed by atoms with Crippen LogP contribution in [0.3, 0.4) is 0 Å². The average Bonchev–Trinajstić information content (AvgIpc) is 2.66. The lowest BCUT2D eigenvalue weighted by atomic mass is 9.96. The van der Waals surface area contributed by atoms with Crippen LogP contribution < -0.4 is 10.5 Å². The molecule has 3 heteroatoms. The second-order valence-corrected chi connectivity index (χ2v) is 4.80. The molecule has 1 heterocycles. The molecule has 17 heavy (non-hydrogen) atoms. The molecule has 1 aliphatic carbocycles. The van der Waals surface area contributed by atoms with E-state index in [0.717, 1.165) is 5.56 Å². The number of hydrogen-bond donors (Lipinski definition) is 1. The van der Waals surface area contributed by atoms with Crippen LogP contribution in [0.2, 0.25) is 0 Å². The van der Waals surface area contributed by atoms with Crippen molar-refractivity contribution in [1.82, 2.24) is 4.98 Å². The van der Waals surface area contributed by atoms with Crippen molar-refractivity contribution < 1.29 is 4.74 Å². The predicted molar refractivity (Wildman–Crippen MR) is 69.1 cm³/mol. The molecule has 0 atom stereocenters. The van der Waals surface area contributed by atoms with Crippen molar-refractivity contribution in [3.05, 3.63) is 23.4 Å². The van der Waals surface area contributed by atoms with E-state index in [1.807, 2.05) is 0 Å². The van der Waals surface area contributed by atoms with Crippen molar-refractivity contribution in [3.63, 3.8) is 0 Å². The Labute approximate surface area is 103 Å². The minimum Gasteiger partial charge on any atom is -0.481 e. The van der Waals surface area contributed by atoms with E-state index in [1.165, 1.54) is 44.2 Å². The number of nitrogens with zero attached hydrogens (tertiary/aromatic N) is 1. The summed E-state index contributed by atoms with van der Waals surface area (Å²) in [6.07, 6.45) is 7.92. The van der Waals surface area contributed by atoms with E-state index in [9.17, 15) is 0 Å². The van der Waals surface area contributed by atoms with E-state index < -0.39 is 0 Å². The van der Waals surface area contributed by atoms with Gasteiger partial charge in [0.05, 0.1) is 7.11 Å². The SMILES string of the molecule is COc1nc(C2CCCCCC2)ccc1CN. The Bertz CT molecular complexity index is 357. The van der Waals surface area contributed by atoms with Gasteiger partial charge in [0.25, 0.3) is 0 Å². The first-order valence-electron chi connectivity index (χ1n) is 6.59. The highest BCUT2D eigenvalue weighted by Crippen LogP contribution is 2.31. The molecule has 1 saturated carbocycles. The van der Waals surface area contributed by atoms with Gasteiger partial charge in [0.2, 0.25) is 5.88 Å². The fourth-order valence-corrected chi connectivity index (χ4v) is 2.62. The Morgan fingerprint density at radius 3 is 2.53 bits per heavy atom. The van der Waals surface area contributed by atoms with Gasteiger partial charge in [-0.15, -0.1) is 0 Å². The van der Waals surface area contributed by atoms with Crippen molar-refractivity contribution in [1.29, 1.82) is 0 Å². The highest BCUT2D eigenvalue weighted by atomic mass is 16.5. The summed E-state index contributed by atoms with van der Waals surface area (Å²) in [6.45, 7) is 0.487. The van der Waals surface area contributed by atoms with Crippen LogP contribution in [0.1, 0.15) is 55.7 Å². The maximum atomic E-state index is 5.66. The van der Waals surface area contributed by atoms with Crippen molar-refractivity contribution in [3.8, 4) is 5.88 Å². The molecule has 3 nitrogen and oxygen atoms in total. The van der Waals surface area contributed by atoms with Crippen molar-refractivity contribution in [2.24, 2.45) is 5.73 Å². The molecule has 2 rings (SSSR count). The molecule has 0 bridgehead atoms. The van der Waals surface area contributed by atoms with E-state index in [0.29, 0.717) is 18.3 Å². The molecule has 0 amide bonds. The lowest BCUT2D eigenvalue weighted by Gasteiger charge is -2.15. The summed E-state index contributed by atoms with van der Waals surface area (Å²) < 4.78 is 5.31. The zero-order chi connectivity index (χ0) is 12.1. The van der Waals surface area contributed by atoms with Crippen LogP contribution in [0, 0.1) is 0 Å². The Kier molecular flexibility index (Phi) is 4.37. The summed E-state index contributed by atoms with van der Waals surface area (Å²) >= 11 is 0. The fourth-order valence-electron chi connectivity index (χ4n) is 2.62. The van der Waals surface area contributed by atoms with Crippen molar-refractivity contribution in [2.45, 2.75) is 51.0 Å². The third-order valence-electron chi connectivity index (χ3n) is 3.65. The topological polar surface area (TPSA) is 48.1 Å². The van der Waals surface area contributed by atoms with Crippen LogP contribution >= 0.6 is 0 Å². The highest BCUT2D eigenvalue weighted by molar-refractivity contribution is 5.29. The fraction of sp³-hybridized carbons (Fsp3) is 0.643. The number of rotatable bonds is 3. The molecule has 0 aromatic carbocycles. The van der Waals surface area contributed by atoms with Gasteiger partial charge in [-0.05, 0) is 18.9 Å². The van der Waals surface area contributed by atoms with Crippen LogP contribution in [0.4, 0.5) is 0 Å². The second kappa shape index (κ2) is 6.01. The Morgan fingerprint density at radius 2 is 1.94 bits per heavy atom. The zero-order valence-corrected chi connectivity index (χ0v) is 10.6. The zero-order valence-electron chi connectivity index (χ0n) is 10.6. The lowest BCUT2D eigenvalue weighted by Crippen LogP contribution is -2.06. The number of pyridine rings is 1. The Hall–Kier alpha value is -1.09. The molecule has 1 aliphatic rings. The van der Waals surface area contributed by atoms with Crippen molar-refractivity contribution >= 4 is 0 Å². The smallest absolute Gasteiger partial charge is 0.217 e. The van der Waals surface area contributed by atoms with Gasteiger partial charge in [-0.2, -0.15) is 0 Å². The maximum Gasteiger partial charge on any atom is 0.217 e. The Morgan fingerprint density at radius 1 is 1.24 bits per heavy atom. The monoisotopic (exact) mass is 234 g/mol. The number of nitrogens with two attached hydrogens (primary N) is 1. The molecule has 1 aromatic rings. The molecule has 0 saturated heterocycles. The quantitative estimate of drug-likeness (QED) is 0.818. The molecule has 1 aromatic heterocycles. The minimum atomic E-state index is 0.487. The van der Waals surface area contributed by atoms with E-state index in [1.54, 1.807) is 7.11 Å². The van der Waals surface area contributed by atoms with Crippen LogP contribution in [0.25, 0.3) is 0 Å². The van der Waals surface area contributed by atoms with E-state index in [4.69, 9.17) is 10.5 Å². The molecule has 0 unspecified atom stereocenters. The summed E-state index contributed by atoms with van der Waals surface area (Å²) in [5.41, 5.74) is 7.83. The van der Waals surface area contributed by atoms with E-state index in [-0.39, 0.29) is 0 Å². The van der Waals surface area contributed by atoms with E-state index >= 15 is 0 Å². The standard InChI is InChI=1S/C14H22N2O/c1-17-14-12(10-15)8-9-13(16-14)11-6-4-2-3-5-7-11/h8-9,11H,2-7,10,15H2,1H3. The molecule has 0 spiro atoms. The van der Waals surface area contributed by atoms with Crippen LogP contribution in [0.5, 0.6) is 5.88 Å². The molecular weight excluding hydrogens is 212 g/mol. The second-order valence-electron chi connectivity index (χ2n) is 4.80. The Balaban J connectivity index is 2.19.